The van der Waals surface area contributed by atoms with E-state index in [9.17, 15) is 8.42 Å². The van der Waals surface area contributed by atoms with Gasteiger partial charge in [-0.05, 0) is 56.6 Å². The van der Waals surface area contributed by atoms with E-state index in [1.165, 1.54) is 0 Å². The first-order valence-electron chi connectivity index (χ1n) is 7.07. The largest absolute Gasteiger partial charge is 0.494 e. The van der Waals surface area contributed by atoms with Gasteiger partial charge in [0.25, 0.3) is 0 Å². The molecular formula is C14H22N2O3S. The molecule has 1 heterocycles. The molecule has 1 fully saturated rings. The predicted molar refractivity (Wildman–Crippen MR) is 80.7 cm³/mol. The first kappa shape index (κ1) is 15.1. The SMILES string of the molecule is CCCOc1ccc(NS(=O)(=O)C2CCNCC2)cc1. The fourth-order valence-corrected chi connectivity index (χ4v) is 3.68. The molecule has 0 spiro atoms. The molecule has 0 aromatic heterocycles. The van der Waals surface area contributed by atoms with Crippen molar-refractivity contribution in [3.05, 3.63) is 24.3 Å². The van der Waals surface area contributed by atoms with Crippen LogP contribution in [-0.4, -0.2) is 33.4 Å². The highest BCUT2D eigenvalue weighted by atomic mass is 32.2. The predicted octanol–water partition coefficient (Wildman–Crippen LogP) is 1.97. The minimum Gasteiger partial charge on any atom is -0.494 e. The molecule has 0 radical (unpaired) electrons. The lowest BCUT2D eigenvalue weighted by Crippen LogP contribution is -2.38. The van der Waals surface area contributed by atoms with E-state index in [4.69, 9.17) is 4.74 Å². The number of sulfonamides is 1. The highest BCUT2D eigenvalue weighted by Gasteiger charge is 2.26. The van der Waals surface area contributed by atoms with Crippen LogP contribution in [0.2, 0.25) is 0 Å². The average molecular weight is 298 g/mol. The van der Waals surface area contributed by atoms with E-state index in [1.807, 2.05) is 6.92 Å². The van der Waals surface area contributed by atoms with Crippen LogP contribution in [0.4, 0.5) is 5.69 Å². The topological polar surface area (TPSA) is 67.4 Å². The van der Waals surface area contributed by atoms with Gasteiger partial charge in [0.2, 0.25) is 10.0 Å². The first-order valence-corrected chi connectivity index (χ1v) is 8.61. The van der Waals surface area contributed by atoms with Gasteiger partial charge in [-0.1, -0.05) is 6.92 Å². The molecule has 0 aliphatic carbocycles. The highest BCUT2D eigenvalue weighted by molar-refractivity contribution is 7.93. The Balaban J connectivity index is 1.98. The summed E-state index contributed by atoms with van der Waals surface area (Å²) >= 11 is 0. The zero-order chi connectivity index (χ0) is 14.4. The molecule has 5 nitrogen and oxygen atoms in total. The second-order valence-corrected chi connectivity index (χ2v) is 6.93. The van der Waals surface area contributed by atoms with E-state index in [1.54, 1.807) is 24.3 Å². The minimum absolute atomic E-state index is 0.306. The maximum atomic E-state index is 12.2. The van der Waals surface area contributed by atoms with E-state index in [2.05, 4.69) is 10.0 Å². The van der Waals surface area contributed by atoms with Crippen molar-refractivity contribution in [3.8, 4) is 5.75 Å². The summed E-state index contributed by atoms with van der Waals surface area (Å²) in [5.41, 5.74) is 0.590. The van der Waals surface area contributed by atoms with E-state index >= 15 is 0 Å². The third-order valence-corrected chi connectivity index (χ3v) is 5.18. The summed E-state index contributed by atoms with van der Waals surface area (Å²) in [4.78, 5) is 0. The van der Waals surface area contributed by atoms with Gasteiger partial charge in [0.15, 0.2) is 0 Å². The van der Waals surface area contributed by atoms with E-state index in [0.29, 0.717) is 25.1 Å². The van der Waals surface area contributed by atoms with Crippen molar-refractivity contribution in [1.82, 2.24) is 5.32 Å². The van der Waals surface area contributed by atoms with Crippen molar-refractivity contribution >= 4 is 15.7 Å². The van der Waals surface area contributed by atoms with Gasteiger partial charge in [-0.3, -0.25) is 4.72 Å². The van der Waals surface area contributed by atoms with Crippen LogP contribution in [0.15, 0.2) is 24.3 Å². The highest BCUT2D eigenvalue weighted by Crippen LogP contribution is 2.20. The molecule has 0 unspecified atom stereocenters. The van der Waals surface area contributed by atoms with Gasteiger partial charge in [0.05, 0.1) is 11.9 Å². The molecule has 1 aromatic carbocycles. The molecule has 0 saturated carbocycles. The molecule has 0 amide bonds. The monoisotopic (exact) mass is 298 g/mol. The van der Waals surface area contributed by atoms with Crippen molar-refractivity contribution in [1.29, 1.82) is 0 Å². The van der Waals surface area contributed by atoms with Crippen LogP contribution in [0.25, 0.3) is 0 Å². The molecule has 1 aliphatic rings. The van der Waals surface area contributed by atoms with Gasteiger partial charge >= 0.3 is 0 Å². The van der Waals surface area contributed by atoms with Crippen molar-refractivity contribution < 1.29 is 13.2 Å². The number of nitrogens with one attached hydrogen (secondary N) is 2. The summed E-state index contributed by atoms with van der Waals surface area (Å²) in [6, 6.07) is 7.05. The maximum absolute atomic E-state index is 12.2. The van der Waals surface area contributed by atoms with Crippen LogP contribution in [-0.2, 0) is 10.0 Å². The second-order valence-electron chi connectivity index (χ2n) is 4.97. The van der Waals surface area contributed by atoms with Gasteiger partial charge in [0.1, 0.15) is 5.75 Å². The molecule has 0 bridgehead atoms. The Kier molecular flexibility index (Phi) is 5.25. The number of piperidine rings is 1. The van der Waals surface area contributed by atoms with Crippen molar-refractivity contribution in [3.63, 3.8) is 0 Å². The summed E-state index contributed by atoms with van der Waals surface area (Å²) in [5.74, 6) is 0.761. The standard InChI is InChI=1S/C14H22N2O3S/c1-2-11-19-13-5-3-12(4-6-13)16-20(17,18)14-7-9-15-10-8-14/h3-6,14-16H,2,7-11H2,1H3. The Morgan fingerprint density at radius 3 is 2.50 bits per heavy atom. The number of benzene rings is 1. The average Bonchev–Trinajstić information content (AvgIpc) is 2.47. The molecule has 2 N–H and O–H groups in total. The van der Waals surface area contributed by atoms with Crippen molar-refractivity contribution in [2.75, 3.05) is 24.4 Å². The number of hydrogen-bond donors (Lipinski definition) is 2. The summed E-state index contributed by atoms with van der Waals surface area (Å²) in [5, 5.41) is 2.86. The Bertz CT molecular complexity index is 508. The lowest BCUT2D eigenvalue weighted by atomic mass is 10.2. The molecule has 1 aliphatic heterocycles. The molecule has 2 rings (SSSR count). The van der Waals surface area contributed by atoms with Crippen LogP contribution in [0.3, 0.4) is 0 Å². The number of anilines is 1. The summed E-state index contributed by atoms with van der Waals surface area (Å²) < 4.78 is 32.6. The van der Waals surface area contributed by atoms with Crippen LogP contribution < -0.4 is 14.8 Å². The smallest absolute Gasteiger partial charge is 0.235 e. The second kappa shape index (κ2) is 6.95. The van der Waals surface area contributed by atoms with E-state index in [-0.39, 0.29) is 5.25 Å². The molecule has 112 valence electrons. The van der Waals surface area contributed by atoms with Crippen LogP contribution >= 0.6 is 0 Å². The van der Waals surface area contributed by atoms with Gasteiger partial charge in [-0.15, -0.1) is 0 Å². The van der Waals surface area contributed by atoms with Gasteiger partial charge in [-0.2, -0.15) is 0 Å². The third kappa shape index (κ3) is 4.11. The quantitative estimate of drug-likeness (QED) is 0.842. The van der Waals surface area contributed by atoms with Crippen LogP contribution in [0.1, 0.15) is 26.2 Å². The number of hydrogen-bond acceptors (Lipinski definition) is 4. The van der Waals surface area contributed by atoms with Crippen LogP contribution in [0, 0.1) is 0 Å². The first-order chi connectivity index (χ1) is 9.62. The fraction of sp³-hybridized carbons (Fsp3) is 0.571. The minimum atomic E-state index is -3.30. The van der Waals surface area contributed by atoms with Gasteiger partial charge < -0.3 is 10.1 Å². The number of rotatable bonds is 6. The maximum Gasteiger partial charge on any atom is 0.235 e. The zero-order valence-electron chi connectivity index (χ0n) is 11.8. The lowest BCUT2D eigenvalue weighted by Gasteiger charge is -2.23. The lowest BCUT2D eigenvalue weighted by molar-refractivity contribution is 0.317. The zero-order valence-corrected chi connectivity index (χ0v) is 12.6. The van der Waals surface area contributed by atoms with Crippen LogP contribution in [0.5, 0.6) is 5.75 Å². The molecule has 6 heteroatoms. The van der Waals surface area contributed by atoms with Gasteiger partial charge in [0, 0.05) is 5.69 Å². The molecule has 0 atom stereocenters. The molecule has 1 saturated heterocycles. The van der Waals surface area contributed by atoms with Crippen molar-refractivity contribution in [2.45, 2.75) is 31.4 Å². The molecule has 1 aromatic rings. The third-order valence-electron chi connectivity index (χ3n) is 3.31. The van der Waals surface area contributed by atoms with E-state index < -0.39 is 10.0 Å². The Hall–Kier alpha value is -1.27. The fourth-order valence-electron chi connectivity index (χ4n) is 2.19. The summed E-state index contributed by atoms with van der Waals surface area (Å²) in [7, 11) is -3.30. The Morgan fingerprint density at radius 2 is 1.90 bits per heavy atom. The van der Waals surface area contributed by atoms with Crippen molar-refractivity contribution in [2.24, 2.45) is 0 Å². The Labute approximate surface area is 120 Å². The summed E-state index contributed by atoms with van der Waals surface area (Å²) in [6.07, 6.45) is 2.27. The van der Waals surface area contributed by atoms with Gasteiger partial charge in [-0.25, -0.2) is 8.42 Å². The number of ether oxygens (including phenoxy) is 1. The molecular weight excluding hydrogens is 276 g/mol. The van der Waals surface area contributed by atoms with E-state index in [0.717, 1.165) is 25.3 Å². The Morgan fingerprint density at radius 1 is 1.25 bits per heavy atom. The normalized spacial score (nSPS) is 16.9. The summed E-state index contributed by atoms with van der Waals surface area (Å²) in [6.45, 7) is 4.23. The molecule has 20 heavy (non-hydrogen) atoms.